The van der Waals surface area contributed by atoms with Crippen LogP contribution in [0.5, 0.6) is 0 Å². The van der Waals surface area contributed by atoms with Gasteiger partial charge in [-0.2, -0.15) is 5.01 Å². The van der Waals surface area contributed by atoms with Gasteiger partial charge in [-0.1, -0.05) is 41.4 Å². The molecular formula is C16H11Cl2N3O4. The normalized spacial score (nSPS) is 16.4. The SMILES string of the molecule is CC(=O)N1N=C(c2ccccc2[N+](=O)[O-])O[C@H]1c1ccc(Cl)cc1Cl. The summed E-state index contributed by atoms with van der Waals surface area (Å²) in [4.78, 5) is 22.6. The van der Waals surface area contributed by atoms with E-state index in [1.54, 1.807) is 18.2 Å². The fourth-order valence-corrected chi connectivity index (χ4v) is 2.89. The molecule has 25 heavy (non-hydrogen) atoms. The maximum Gasteiger partial charge on any atom is 0.282 e. The fraction of sp³-hybridized carbons (Fsp3) is 0.125. The molecule has 0 saturated carbocycles. The lowest BCUT2D eigenvalue weighted by Crippen LogP contribution is -2.25. The van der Waals surface area contributed by atoms with Gasteiger partial charge in [0.15, 0.2) is 0 Å². The summed E-state index contributed by atoms with van der Waals surface area (Å²) < 4.78 is 5.74. The summed E-state index contributed by atoms with van der Waals surface area (Å²) in [6.07, 6.45) is -0.933. The van der Waals surface area contributed by atoms with Crippen LogP contribution in [0.4, 0.5) is 5.69 Å². The molecule has 7 nitrogen and oxygen atoms in total. The van der Waals surface area contributed by atoms with Crippen molar-refractivity contribution in [3.8, 4) is 0 Å². The molecule has 0 radical (unpaired) electrons. The molecule has 0 unspecified atom stereocenters. The Morgan fingerprint density at radius 3 is 2.64 bits per heavy atom. The van der Waals surface area contributed by atoms with Gasteiger partial charge in [0, 0.05) is 23.6 Å². The molecule has 0 N–H and O–H groups in total. The maximum atomic E-state index is 11.9. The summed E-state index contributed by atoms with van der Waals surface area (Å²) in [6.45, 7) is 1.31. The van der Waals surface area contributed by atoms with Gasteiger partial charge in [0.25, 0.3) is 5.69 Å². The molecule has 0 saturated heterocycles. The number of carbonyl (C=O) groups excluding carboxylic acids is 1. The van der Waals surface area contributed by atoms with E-state index in [4.69, 9.17) is 27.9 Å². The van der Waals surface area contributed by atoms with Crippen molar-refractivity contribution in [1.29, 1.82) is 0 Å². The number of halogens is 2. The fourth-order valence-electron chi connectivity index (χ4n) is 2.39. The maximum absolute atomic E-state index is 11.9. The first-order valence-corrected chi connectivity index (χ1v) is 7.88. The van der Waals surface area contributed by atoms with E-state index in [9.17, 15) is 14.9 Å². The largest absolute Gasteiger partial charge is 0.445 e. The molecule has 2 aromatic rings. The first kappa shape index (κ1) is 17.2. The number of hydrazone groups is 1. The van der Waals surface area contributed by atoms with E-state index in [1.165, 1.54) is 31.2 Å². The number of carbonyl (C=O) groups is 1. The summed E-state index contributed by atoms with van der Waals surface area (Å²) in [5, 5.41) is 17.1. The first-order chi connectivity index (χ1) is 11.9. The van der Waals surface area contributed by atoms with Crippen LogP contribution in [0.3, 0.4) is 0 Å². The number of amides is 1. The van der Waals surface area contributed by atoms with Crippen molar-refractivity contribution in [2.24, 2.45) is 5.10 Å². The summed E-state index contributed by atoms with van der Waals surface area (Å²) in [5.74, 6) is -0.428. The van der Waals surface area contributed by atoms with Crippen LogP contribution in [0.25, 0.3) is 0 Å². The number of para-hydroxylation sites is 1. The first-order valence-electron chi connectivity index (χ1n) is 7.12. The highest BCUT2D eigenvalue weighted by atomic mass is 35.5. The molecule has 0 aromatic heterocycles. The van der Waals surface area contributed by atoms with E-state index in [2.05, 4.69) is 5.10 Å². The van der Waals surface area contributed by atoms with Gasteiger partial charge in [-0.05, 0) is 18.2 Å². The molecule has 9 heteroatoms. The van der Waals surface area contributed by atoms with Crippen molar-refractivity contribution in [3.05, 3.63) is 73.8 Å². The quantitative estimate of drug-likeness (QED) is 0.592. The molecule has 1 amide bonds. The Morgan fingerprint density at radius 2 is 2.00 bits per heavy atom. The average Bonchev–Trinajstić information content (AvgIpc) is 3.00. The minimum Gasteiger partial charge on any atom is -0.445 e. The Morgan fingerprint density at radius 1 is 1.28 bits per heavy atom. The van der Waals surface area contributed by atoms with Crippen LogP contribution in [0.1, 0.15) is 24.3 Å². The Kier molecular flexibility index (Phi) is 4.61. The minimum absolute atomic E-state index is 0.0292. The van der Waals surface area contributed by atoms with E-state index >= 15 is 0 Å². The number of hydrogen-bond donors (Lipinski definition) is 0. The van der Waals surface area contributed by atoms with Gasteiger partial charge in [0.1, 0.15) is 5.56 Å². The molecule has 1 atom stereocenters. The molecule has 1 aliphatic rings. The molecule has 1 heterocycles. The minimum atomic E-state index is -0.933. The lowest BCUT2D eigenvalue weighted by Gasteiger charge is -2.20. The van der Waals surface area contributed by atoms with Crippen molar-refractivity contribution < 1.29 is 14.5 Å². The van der Waals surface area contributed by atoms with Crippen molar-refractivity contribution in [2.75, 3.05) is 0 Å². The predicted molar refractivity (Wildman–Crippen MR) is 92.4 cm³/mol. The summed E-state index contributed by atoms with van der Waals surface area (Å²) in [7, 11) is 0. The van der Waals surface area contributed by atoms with Crippen LogP contribution in [-0.2, 0) is 9.53 Å². The Bertz CT molecular complexity index is 901. The molecule has 3 rings (SSSR count). The Labute approximate surface area is 152 Å². The number of ether oxygens (including phenoxy) is 1. The van der Waals surface area contributed by atoms with Crippen molar-refractivity contribution in [1.82, 2.24) is 5.01 Å². The molecule has 0 fully saturated rings. The van der Waals surface area contributed by atoms with Crippen LogP contribution < -0.4 is 0 Å². The molecule has 2 aromatic carbocycles. The van der Waals surface area contributed by atoms with Crippen LogP contribution >= 0.6 is 23.2 Å². The van der Waals surface area contributed by atoms with Gasteiger partial charge in [-0.3, -0.25) is 14.9 Å². The second-order valence-electron chi connectivity index (χ2n) is 5.18. The monoisotopic (exact) mass is 379 g/mol. The molecular weight excluding hydrogens is 369 g/mol. The van der Waals surface area contributed by atoms with Gasteiger partial charge in [-0.15, -0.1) is 5.10 Å². The zero-order valence-corrected chi connectivity index (χ0v) is 14.4. The highest BCUT2D eigenvalue weighted by Gasteiger charge is 2.36. The predicted octanol–water partition coefficient (Wildman–Crippen LogP) is 4.14. The number of nitro groups is 1. The number of hydrogen-bond acceptors (Lipinski definition) is 5. The third-order valence-corrected chi connectivity index (χ3v) is 4.09. The number of rotatable bonds is 3. The zero-order chi connectivity index (χ0) is 18.1. The summed E-state index contributed by atoms with van der Waals surface area (Å²) in [5.41, 5.74) is 0.470. The topological polar surface area (TPSA) is 85.0 Å². The molecule has 128 valence electrons. The lowest BCUT2D eigenvalue weighted by molar-refractivity contribution is -0.385. The van der Waals surface area contributed by atoms with E-state index in [0.29, 0.717) is 15.6 Å². The van der Waals surface area contributed by atoms with E-state index < -0.39 is 17.1 Å². The molecule has 0 spiro atoms. The smallest absolute Gasteiger partial charge is 0.282 e. The van der Waals surface area contributed by atoms with Crippen LogP contribution in [-0.4, -0.2) is 21.7 Å². The van der Waals surface area contributed by atoms with Crippen molar-refractivity contribution >= 4 is 40.7 Å². The van der Waals surface area contributed by atoms with Gasteiger partial charge < -0.3 is 4.74 Å². The van der Waals surface area contributed by atoms with Gasteiger partial charge in [-0.25, -0.2) is 0 Å². The average molecular weight is 380 g/mol. The van der Waals surface area contributed by atoms with Gasteiger partial charge in [0.05, 0.1) is 9.95 Å². The highest BCUT2D eigenvalue weighted by molar-refractivity contribution is 6.35. The standard InChI is InChI=1S/C16H11Cl2N3O4/c1-9(22)20-16(11-7-6-10(17)8-13(11)18)25-15(19-20)12-4-2-3-5-14(12)21(23)24/h2-8,16H,1H3/t16-/m0/s1. The second kappa shape index (κ2) is 6.70. The van der Waals surface area contributed by atoms with E-state index in [-0.39, 0.29) is 17.1 Å². The van der Waals surface area contributed by atoms with Gasteiger partial charge >= 0.3 is 0 Å². The lowest BCUT2D eigenvalue weighted by atomic mass is 10.1. The van der Waals surface area contributed by atoms with Crippen molar-refractivity contribution in [2.45, 2.75) is 13.2 Å². The second-order valence-corrected chi connectivity index (χ2v) is 6.02. The Balaban J connectivity index is 2.04. The van der Waals surface area contributed by atoms with Crippen LogP contribution in [0, 0.1) is 10.1 Å². The summed E-state index contributed by atoms with van der Waals surface area (Å²) in [6, 6.07) is 10.7. The molecule has 0 bridgehead atoms. The summed E-state index contributed by atoms with van der Waals surface area (Å²) >= 11 is 12.1. The third-order valence-electron chi connectivity index (χ3n) is 3.53. The number of nitrogens with zero attached hydrogens (tertiary/aromatic N) is 3. The third kappa shape index (κ3) is 3.29. The van der Waals surface area contributed by atoms with Crippen LogP contribution in [0.15, 0.2) is 47.6 Å². The number of nitro benzene ring substituents is 1. The highest BCUT2D eigenvalue weighted by Crippen LogP contribution is 2.36. The molecule has 1 aliphatic heterocycles. The zero-order valence-electron chi connectivity index (χ0n) is 12.8. The Hall–Kier alpha value is -2.64. The van der Waals surface area contributed by atoms with E-state index in [0.717, 1.165) is 5.01 Å². The molecule has 0 aliphatic carbocycles. The number of benzene rings is 2. The van der Waals surface area contributed by atoms with Crippen LogP contribution in [0.2, 0.25) is 10.0 Å². The van der Waals surface area contributed by atoms with Gasteiger partial charge in [0.2, 0.25) is 18.0 Å². The van der Waals surface area contributed by atoms with Crippen molar-refractivity contribution in [3.63, 3.8) is 0 Å². The van der Waals surface area contributed by atoms with E-state index in [1.807, 2.05) is 0 Å².